The van der Waals surface area contributed by atoms with Gasteiger partial charge < -0.3 is 14.3 Å². The lowest BCUT2D eigenvalue weighted by Crippen LogP contribution is -2.21. The molecule has 2 aromatic rings. The number of nitrogens with zero attached hydrogens (tertiary/aromatic N) is 1. The molecule has 0 saturated carbocycles. The number of aromatic nitrogens is 2. The van der Waals surface area contributed by atoms with Crippen molar-refractivity contribution in [2.45, 2.75) is 26.8 Å². The third-order valence-electron chi connectivity index (χ3n) is 3.31. The molecule has 5 heteroatoms. The number of hydrogen-bond acceptors (Lipinski definition) is 2. The number of fused-ring (bicyclic) bond motifs is 1. The maximum Gasteiger partial charge on any atom is 0.178 e. The SMILES string of the molecule is COCCC(C)(C)Cn1c(=S)[nH]c2cc(I)ccc21. The molecule has 0 bridgehead atoms. The van der Waals surface area contributed by atoms with Crippen LogP contribution in [0.25, 0.3) is 11.0 Å². The Balaban J connectivity index is 2.35. The van der Waals surface area contributed by atoms with Gasteiger partial charge in [-0.1, -0.05) is 13.8 Å². The van der Waals surface area contributed by atoms with E-state index in [0.717, 1.165) is 29.9 Å². The Morgan fingerprint density at radius 3 is 2.84 bits per heavy atom. The van der Waals surface area contributed by atoms with Crippen LogP contribution >= 0.6 is 34.8 Å². The molecule has 0 radical (unpaired) electrons. The highest BCUT2D eigenvalue weighted by Gasteiger charge is 2.20. The molecule has 0 saturated heterocycles. The molecular weight excluding hydrogens is 371 g/mol. The van der Waals surface area contributed by atoms with Gasteiger partial charge in [0, 0.05) is 23.8 Å². The second-order valence-corrected chi connectivity index (χ2v) is 7.22. The zero-order chi connectivity index (χ0) is 14.0. The van der Waals surface area contributed by atoms with Crippen LogP contribution in [0, 0.1) is 13.8 Å². The van der Waals surface area contributed by atoms with Crippen molar-refractivity contribution in [3.8, 4) is 0 Å². The van der Waals surface area contributed by atoms with Crippen LogP contribution in [0.4, 0.5) is 0 Å². The molecule has 1 aromatic heterocycles. The molecule has 0 aliphatic rings. The Morgan fingerprint density at radius 1 is 1.42 bits per heavy atom. The van der Waals surface area contributed by atoms with Crippen molar-refractivity contribution >= 4 is 45.8 Å². The second-order valence-electron chi connectivity index (χ2n) is 5.58. The van der Waals surface area contributed by atoms with Crippen molar-refractivity contribution in [3.05, 3.63) is 26.5 Å². The number of aromatic amines is 1. The number of ether oxygens (including phenoxy) is 1. The Kier molecular flexibility index (Phi) is 4.68. The molecule has 104 valence electrons. The Bertz CT molecular complexity index is 630. The fraction of sp³-hybridized carbons (Fsp3) is 0.500. The number of hydrogen-bond donors (Lipinski definition) is 1. The van der Waals surface area contributed by atoms with Gasteiger partial charge in [-0.2, -0.15) is 0 Å². The minimum Gasteiger partial charge on any atom is -0.385 e. The van der Waals surface area contributed by atoms with Gasteiger partial charge >= 0.3 is 0 Å². The number of halogens is 1. The zero-order valence-corrected chi connectivity index (χ0v) is 14.5. The van der Waals surface area contributed by atoms with E-state index in [0.29, 0.717) is 0 Å². The van der Waals surface area contributed by atoms with Crippen molar-refractivity contribution in [1.29, 1.82) is 0 Å². The first kappa shape index (κ1) is 15.0. The van der Waals surface area contributed by atoms with Gasteiger partial charge in [0.05, 0.1) is 11.0 Å². The molecule has 3 nitrogen and oxygen atoms in total. The van der Waals surface area contributed by atoms with E-state index < -0.39 is 0 Å². The Labute approximate surface area is 132 Å². The van der Waals surface area contributed by atoms with Gasteiger partial charge in [-0.15, -0.1) is 0 Å². The number of nitrogens with one attached hydrogen (secondary N) is 1. The predicted octanol–water partition coefficient (Wildman–Crippen LogP) is 4.37. The van der Waals surface area contributed by atoms with Crippen LogP contribution < -0.4 is 0 Å². The zero-order valence-electron chi connectivity index (χ0n) is 11.5. The van der Waals surface area contributed by atoms with Crippen LogP contribution in [0.2, 0.25) is 0 Å². The van der Waals surface area contributed by atoms with Gasteiger partial charge in [-0.25, -0.2) is 0 Å². The molecular formula is C14H19IN2OS. The van der Waals surface area contributed by atoms with Crippen LogP contribution in [0.3, 0.4) is 0 Å². The average molecular weight is 390 g/mol. The van der Waals surface area contributed by atoms with Crippen molar-refractivity contribution in [2.24, 2.45) is 5.41 Å². The van der Waals surface area contributed by atoms with Gasteiger partial charge in [0.1, 0.15) is 0 Å². The molecule has 0 aliphatic heterocycles. The van der Waals surface area contributed by atoms with Gasteiger partial charge in [0.25, 0.3) is 0 Å². The number of imidazole rings is 1. The molecule has 1 N–H and O–H groups in total. The van der Waals surface area contributed by atoms with E-state index in [9.17, 15) is 0 Å². The predicted molar refractivity (Wildman–Crippen MR) is 90.1 cm³/mol. The summed E-state index contributed by atoms with van der Waals surface area (Å²) in [5.74, 6) is 0. The monoisotopic (exact) mass is 390 g/mol. The molecule has 2 rings (SSSR count). The summed E-state index contributed by atoms with van der Waals surface area (Å²) < 4.78 is 9.39. The number of H-pyrrole nitrogens is 1. The summed E-state index contributed by atoms with van der Waals surface area (Å²) in [7, 11) is 1.75. The third-order valence-corrected chi connectivity index (χ3v) is 4.30. The number of rotatable bonds is 5. The Morgan fingerprint density at radius 2 is 2.16 bits per heavy atom. The third kappa shape index (κ3) is 3.58. The maximum absolute atomic E-state index is 5.45. The van der Waals surface area contributed by atoms with Gasteiger partial charge in [0.15, 0.2) is 4.77 Å². The summed E-state index contributed by atoms with van der Waals surface area (Å²) >= 11 is 7.77. The van der Waals surface area contributed by atoms with Crippen molar-refractivity contribution in [2.75, 3.05) is 13.7 Å². The van der Waals surface area contributed by atoms with E-state index in [4.69, 9.17) is 17.0 Å². The smallest absolute Gasteiger partial charge is 0.178 e. The van der Waals surface area contributed by atoms with E-state index in [-0.39, 0.29) is 5.41 Å². The summed E-state index contributed by atoms with van der Waals surface area (Å²) in [6.45, 7) is 6.18. The fourth-order valence-electron chi connectivity index (χ4n) is 2.18. The highest BCUT2D eigenvalue weighted by molar-refractivity contribution is 14.1. The molecule has 0 fully saturated rings. The minimum atomic E-state index is 0.159. The van der Waals surface area contributed by atoms with E-state index in [1.807, 2.05) is 0 Å². The fourth-order valence-corrected chi connectivity index (χ4v) is 2.94. The topological polar surface area (TPSA) is 29.9 Å². The number of benzene rings is 1. The summed E-state index contributed by atoms with van der Waals surface area (Å²) in [5.41, 5.74) is 2.45. The highest BCUT2D eigenvalue weighted by Crippen LogP contribution is 2.26. The van der Waals surface area contributed by atoms with Crippen molar-refractivity contribution in [3.63, 3.8) is 0 Å². The highest BCUT2D eigenvalue weighted by atomic mass is 127. The largest absolute Gasteiger partial charge is 0.385 e. The molecule has 0 spiro atoms. The lowest BCUT2D eigenvalue weighted by molar-refractivity contribution is 0.143. The van der Waals surface area contributed by atoms with E-state index >= 15 is 0 Å². The summed E-state index contributed by atoms with van der Waals surface area (Å²) in [6, 6.07) is 6.38. The Hall–Kier alpha value is -0.400. The normalized spacial score (nSPS) is 12.2. The van der Waals surface area contributed by atoms with Gasteiger partial charge in [-0.3, -0.25) is 0 Å². The molecule has 19 heavy (non-hydrogen) atoms. The standard InChI is InChI=1S/C14H19IN2OS/c1-14(2,6-7-18-3)9-17-12-5-4-10(15)8-11(12)16-13(17)19/h4-5,8H,6-7,9H2,1-3H3,(H,16,19). The first-order valence-corrected chi connectivity index (χ1v) is 7.79. The van der Waals surface area contributed by atoms with Crippen LogP contribution in [0.15, 0.2) is 18.2 Å². The van der Waals surface area contributed by atoms with Gasteiger partial charge in [0.2, 0.25) is 0 Å². The number of methoxy groups -OCH3 is 1. The van der Waals surface area contributed by atoms with E-state index in [2.05, 4.69) is 64.2 Å². The van der Waals surface area contributed by atoms with Crippen molar-refractivity contribution in [1.82, 2.24) is 9.55 Å². The summed E-state index contributed by atoms with van der Waals surface area (Å²) in [6.07, 6.45) is 1.02. The first-order chi connectivity index (χ1) is 8.93. The molecule has 1 heterocycles. The molecule has 0 aliphatic carbocycles. The first-order valence-electron chi connectivity index (χ1n) is 6.30. The molecule has 0 amide bonds. The molecule has 0 atom stereocenters. The second kappa shape index (κ2) is 5.93. The van der Waals surface area contributed by atoms with Gasteiger partial charge in [-0.05, 0) is 64.8 Å². The lowest BCUT2D eigenvalue weighted by atomic mass is 9.89. The molecule has 1 aromatic carbocycles. The lowest BCUT2D eigenvalue weighted by Gasteiger charge is -2.25. The summed E-state index contributed by atoms with van der Waals surface area (Å²) in [5, 5.41) is 0. The summed E-state index contributed by atoms with van der Waals surface area (Å²) in [4.78, 5) is 3.29. The van der Waals surface area contributed by atoms with Crippen molar-refractivity contribution < 1.29 is 4.74 Å². The molecule has 0 unspecified atom stereocenters. The van der Waals surface area contributed by atoms with Crippen LogP contribution in [0.5, 0.6) is 0 Å². The average Bonchev–Trinajstić information content (AvgIpc) is 2.62. The van der Waals surface area contributed by atoms with Crippen LogP contribution in [-0.2, 0) is 11.3 Å². The van der Waals surface area contributed by atoms with E-state index in [1.54, 1.807) is 7.11 Å². The van der Waals surface area contributed by atoms with E-state index in [1.165, 1.54) is 9.09 Å². The quantitative estimate of drug-likeness (QED) is 0.607. The van der Waals surface area contributed by atoms with Crippen LogP contribution in [0.1, 0.15) is 20.3 Å². The maximum atomic E-state index is 5.45. The minimum absolute atomic E-state index is 0.159. The van der Waals surface area contributed by atoms with Crippen LogP contribution in [-0.4, -0.2) is 23.3 Å².